The van der Waals surface area contributed by atoms with Crippen LogP contribution in [0.15, 0.2) is 36.4 Å². The fraction of sp³-hybridized carbons (Fsp3) is 0.312. The molecule has 0 saturated heterocycles. The minimum Gasteiger partial charge on any atom is -0.486 e. The molecule has 0 bridgehead atoms. The molecule has 0 spiro atoms. The molecule has 0 heterocycles. The van der Waals surface area contributed by atoms with Crippen molar-refractivity contribution < 1.29 is 9.53 Å². The summed E-state index contributed by atoms with van der Waals surface area (Å²) in [7, 11) is 0. The average molecular weight is 242 g/mol. The molecule has 2 aromatic carbocycles. The number of carbonyl (C=O) groups excluding carboxylic acids is 1. The number of hydrogen-bond acceptors (Lipinski definition) is 2. The zero-order chi connectivity index (χ0) is 13.2. The van der Waals surface area contributed by atoms with E-state index < -0.39 is 0 Å². The van der Waals surface area contributed by atoms with Gasteiger partial charge in [0.05, 0.1) is 0 Å². The number of benzene rings is 2. The predicted octanol–water partition coefficient (Wildman–Crippen LogP) is 3.72. The highest BCUT2D eigenvalue weighted by atomic mass is 16.5. The fourth-order valence-corrected chi connectivity index (χ4v) is 1.91. The maximum absolute atomic E-state index is 10.3. The second kappa shape index (κ2) is 4.81. The van der Waals surface area contributed by atoms with Gasteiger partial charge in [-0.25, -0.2) is 0 Å². The Morgan fingerprint density at radius 3 is 2.44 bits per heavy atom. The molecule has 2 nitrogen and oxygen atoms in total. The first-order valence-electron chi connectivity index (χ1n) is 6.11. The van der Waals surface area contributed by atoms with Gasteiger partial charge in [0.1, 0.15) is 12.4 Å². The van der Waals surface area contributed by atoms with Crippen molar-refractivity contribution in [3.05, 3.63) is 42.0 Å². The highest BCUT2D eigenvalue weighted by molar-refractivity contribution is 5.84. The Morgan fingerprint density at radius 2 is 1.78 bits per heavy atom. The lowest BCUT2D eigenvalue weighted by Gasteiger charge is -2.19. The molecule has 18 heavy (non-hydrogen) atoms. The third kappa shape index (κ3) is 2.70. The standard InChI is InChI=1S/C16H18O2/c1-16(2,3)14-6-4-12-5-7-15(18-9-8-17)11-13(12)10-14/h4-8,10-11H,9H2,1-3H3. The summed E-state index contributed by atoms with van der Waals surface area (Å²) in [5.41, 5.74) is 1.43. The van der Waals surface area contributed by atoms with Gasteiger partial charge in [-0.15, -0.1) is 0 Å². The number of rotatable bonds is 3. The summed E-state index contributed by atoms with van der Waals surface area (Å²) < 4.78 is 5.32. The molecule has 2 heteroatoms. The molecule has 0 atom stereocenters. The van der Waals surface area contributed by atoms with E-state index in [0.717, 1.165) is 17.4 Å². The molecule has 0 unspecified atom stereocenters. The zero-order valence-electron chi connectivity index (χ0n) is 11.1. The second-order valence-corrected chi connectivity index (χ2v) is 5.45. The quantitative estimate of drug-likeness (QED) is 0.767. The van der Waals surface area contributed by atoms with E-state index in [1.54, 1.807) is 0 Å². The molecule has 0 aliphatic heterocycles. The first-order chi connectivity index (χ1) is 8.50. The smallest absolute Gasteiger partial charge is 0.157 e. The van der Waals surface area contributed by atoms with Gasteiger partial charge < -0.3 is 4.74 Å². The topological polar surface area (TPSA) is 26.3 Å². The van der Waals surface area contributed by atoms with Crippen LogP contribution in [0.5, 0.6) is 5.75 Å². The predicted molar refractivity (Wildman–Crippen MR) is 74.2 cm³/mol. The summed E-state index contributed by atoms with van der Waals surface area (Å²) in [4.78, 5) is 10.3. The van der Waals surface area contributed by atoms with Gasteiger partial charge in [-0.05, 0) is 33.9 Å². The third-order valence-corrected chi connectivity index (χ3v) is 3.00. The molecule has 0 saturated carbocycles. The summed E-state index contributed by atoms with van der Waals surface area (Å²) in [6.07, 6.45) is 0.760. The molecule has 0 N–H and O–H groups in total. The average Bonchev–Trinajstić information content (AvgIpc) is 2.34. The van der Waals surface area contributed by atoms with Crippen LogP contribution in [0.4, 0.5) is 0 Å². The summed E-state index contributed by atoms with van der Waals surface area (Å²) >= 11 is 0. The molecule has 0 aliphatic rings. The molecule has 0 amide bonds. The van der Waals surface area contributed by atoms with E-state index in [9.17, 15) is 4.79 Å². The summed E-state index contributed by atoms with van der Waals surface area (Å²) in [5, 5.41) is 2.33. The number of ether oxygens (including phenoxy) is 1. The van der Waals surface area contributed by atoms with E-state index >= 15 is 0 Å². The minimum atomic E-state index is 0.102. The van der Waals surface area contributed by atoms with Gasteiger partial charge in [0.25, 0.3) is 0 Å². The van der Waals surface area contributed by atoms with Crippen molar-refractivity contribution >= 4 is 17.1 Å². The molecule has 2 rings (SSSR count). The van der Waals surface area contributed by atoms with Crippen LogP contribution in [0.1, 0.15) is 26.3 Å². The molecule has 0 fully saturated rings. The van der Waals surface area contributed by atoms with Crippen molar-refractivity contribution in [3.8, 4) is 5.75 Å². The van der Waals surface area contributed by atoms with Crippen LogP contribution in [0, 0.1) is 0 Å². The zero-order valence-corrected chi connectivity index (χ0v) is 11.1. The summed E-state index contributed by atoms with van der Waals surface area (Å²) in [5.74, 6) is 0.737. The second-order valence-electron chi connectivity index (χ2n) is 5.45. The lowest BCUT2D eigenvalue weighted by Crippen LogP contribution is -2.10. The van der Waals surface area contributed by atoms with Crippen molar-refractivity contribution in [3.63, 3.8) is 0 Å². The van der Waals surface area contributed by atoms with Gasteiger partial charge >= 0.3 is 0 Å². The molecule has 94 valence electrons. The van der Waals surface area contributed by atoms with Crippen molar-refractivity contribution in [1.82, 2.24) is 0 Å². The first kappa shape index (κ1) is 12.6. The molecular formula is C16H18O2. The van der Waals surface area contributed by atoms with Crippen LogP contribution in [-0.2, 0) is 10.2 Å². The van der Waals surface area contributed by atoms with Crippen molar-refractivity contribution in [1.29, 1.82) is 0 Å². The Kier molecular flexibility index (Phi) is 3.37. The van der Waals surface area contributed by atoms with Crippen LogP contribution < -0.4 is 4.74 Å². The SMILES string of the molecule is CC(C)(C)c1ccc2ccc(OCC=O)cc2c1. The summed E-state index contributed by atoms with van der Waals surface area (Å²) in [6, 6.07) is 12.4. The lowest BCUT2D eigenvalue weighted by molar-refractivity contribution is -0.109. The molecule has 2 aromatic rings. The highest BCUT2D eigenvalue weighted by Crippen LogP contribution is 2.28. The van der Waals surface area contributed by atoms with Crippen molar-refractivity contribution in [2.75, 3.05) is 6.61 Å². The Labute approximate surface area is 108 Å². The van der Waals surface area contributed by atoms with E-state index in [2.05, 4.69) is 39.0 Å². The maximum Gasteiger partial charge on any atom is 0.157 e. The van der Waals surface area contributed by atoms with Gasteiger partial charge in [-0.3, -0.25) is 4.79 Å². The molecular weight excluding hydrogens is 224 g/mol. The number of fused-ring (bicyclic) bond motifs is 1. The number of hydrogen-bond donors (Lipinski definition) is 0. The van der Waals surface area contributed by atoms with Crippen LogP contribution in [0.25, 0.3) is 10.8 Å². The largest absolute Gasteiger partial charge is 0.486 e. The molecule has 0 aromatic heterocycles. The normalized spacial score (nSPS) is 11.5. The van der Waals surface area contributed by atoms with Crippen molar-refractivity contribution in [2.45, 2.75) is 26.2 Å². The first-order valence-corrected chi connectivity index (χ1v) is 6.11. The van der Waals surface area contributed by atoms with Gasteiger partial charge in [-0.2, -0.15) is 0 Å². The summed E-state index contributed by atoms with van der Waals surface area (Å²) in [6.45, 7) is 6.69. The molecule has 0 radical (unpaired) electrons. The Hall–Kier alpha value is -1.83. The van der Waals surface area contributed by atoms with E-state index in [4.69, 9.17) is 4.74 Å². The van der Waals surface area contributed by atoms with E-state index in [1.165, 1.54) is 10.9 Å². The Balaban J connectivity index is 2.43. The van der Waals surface area contributed by atoms with Crippen LogP contribution in [-0.4, -0.2) is 12.9 Å². The van der Waals surface area contributed by atoms with Gasteiger partial charge in [0, 0.05) is 0 Å². The van der Waals surface area contributed by atoms with E-state index in [1.807, 2.05) is 18.2 Å². The third-order valence-electron chi connectivity index (χ3n) is 3.00. The lowest BCUT2D eigenvalue weighted by atomic mass is 9.86. The Bertz CT molecular complexity index is 565. The van der Waals surface area contributed by atoms with E-state index in [-0.39, 0.29) is 12.0 Å². The molecule has 0 aliphatic carbocycles. The highest BCUT2D eigenvalue weighted by Gasteiger charge is 2.13. The fourth-order valence-electron chi connectivity index (χ4n) is 1.91. The monoisotopic (exact) mass is 242 g/mol. The van der Waals surface area contributed by atoms with Crippen LogP contribution >= 0.6 is 0 Å². The van der Waals surface area contributed by atoms with E-state index in [0.29, 0.717) is 0 Å². The number of carbonyl (C=O) groups is 1. The Morgan fingerprint density at radius 1 is 1.06 bits per heavy atom. The van der Waals surface area contributed by atoms with Crippen LogP contribution in [0.2, 0.25) is 0 Å². The van der Waals surface area contributed by atoms with Gasteiger partial charge in [0.15, 0.2) is 6.29 Å². The minimum absolute atomic E-state index is 0.102. The van der Waals surface area contributed by atoms with Crippen LogP contribution in [0.3, 0.4) is 0 Å². The number of aldehydes is 1. The van der Waals surface area contributed by atoms with Gasteiger partial charge in [0.2, 0.25) is 0 Å². The van der Waals surface area contributed by atoms with Crippen molar-refractivity contribution in [2.24, 2.45) is 0 Å². The van der Waals surface area contributed by atoms with Gasteiger partial charge in [-0.1, -0.05) is 45.0 Å². The maximum atomic E-state index is 10.3.